The summed E-state index contributed by atoms with van der Waals surface area (Å²) in [5, 5.41) is 0. The topological polar surface area (TPSA) is 12.5 Å². The van der Waals surface area contributed by atoms with Crippen molar-refractivity contribution in [3.63, 3.8) is 0 Å². The van der Waals surface area contributed by atoms with E-state index in [9.17, 15) is 0 Å². The number of hydrogen-bond acceptors (Lipinski definition) is 2. The van der Waals surface area contributed by atoms with Crippen molar-refractivity contribution < 1.29 is 4.74 Å². The minimum absolute atomic E-state index is 0.247. The van der Waals surface area contributed by atoms with Gasteiger partial charge in [-0.25, -0.2) is 0 Å². The Morgan fingerprint density at radius 3 is 2.53 bits per heavy atom. The molecular formula is C17H27NO. The lowest BCUT2D eigenvalue weighted by molar-refractivity contribution is 0.226. The van der Waals surface area contributed by atoms with E-state index in [0.29, 0.717) is 5.92 Å². The number of hydrogen-bond donors (Lipinski definition) is 0. The minimum atomic E-state index is 0.247. The molecule has 106 valence electrons. The summed E-state index contributed by atoms with van der Waals surface area (Å²) in [6.45, 7) is 8.81. The number of nitrogens with zero attached hydrogens (tertiary/aromatic N) is 1. The average molecular weight is 261 g/mol. The molecule has 0 saturated carbocycles. The molecule has 0 aliphatic carbocycles. The molecule has 2 nitrogen and oxygen atoms in total. The third-order valence-electron chi connectivity index (χ3n) is 4.01. The van der Waals surface area contributed by atoms with Gasteiger partial charge in [0.2, 0.25) is 0 Å². The second-order valence-electron chi connectivity index (χ2n) is 5.97. The van der Waals surface area contributed by atoms with E-state index >= 15 is 0 Å². The van der Waals surface area contributed by atoms with Crippen LogP contribution in [0.1, 0.15) is 50.7 Å². The fourth-order valence-electron chi connectivity index (χ4n) is 2.81. The number of piperidine rings is 1. The standard InChI is InChI=1S/C17H27NO/c1-5-14-6-7-16(17(12-14)19-13(2)3)15-8-10-18(4)11-9-15/h6-7,12-13,15H,5,8-11H2,1-4H3. The lowest BCUT2D eigenvalue weighted by Crippen LogP contribution is -2.29. The molecule has 1 heterocycles. The van der Waals surface area contributed by atoms with Crippen molar-refractivity contribution >= 4 is 0 Å². The van der Waals surface area contributed by atoms with Crippen LogP contribution in [0.5, 0.6) is 5.75 Å². The van der Waals surface area contributed by atoms with Gasteiger partial charge in [0.1, 0.15) is 5.75 Å². The normalized spacial score (nSPS) is 17.9. The summed E-state index contributed by atoms with van der Waals surface area (Å²) in [4.78, 5) is 2.42. The van der Waals surface area contributed by atoms with Gasteiger partial charge in [-0.1, -0.05) is 19.1 Å². The van der Waals surface area contributed by atoms with E-state index in [4.69, 9.17) is 4.74 Å². The first-order valence-electron chi connectivity index (χ1n) is 7.58. The van der Waals surface area contributed by atoms with Crippen molar-refractivity contribution in [3.05, 3.63) is 29.3 Å². The quantitative estimate of drug-likeness (QED) is 0.816. The Morgan fingerprint density at radius 1 is 1.26 bits per heavy atom. The number of ether oxygens (including phenoxy) is 1. The van der Waals surface area contributed by atoms with Crippen LogP contribution in [0, 0.1) is 0 Å². The predicted molar refractivity (Wildman–Crippen MR) is 81.1 cm³/mol. The maximum absolute atomic E-state index is 6.05. The highest BCUT2D eigenvalue weighted by Crippen LogP contribution is 2.35. The van der Waals surface area contributed by atoms with Crippen molar-refractivity contribution in [2.24, 2.45) is 0 Å². The largest absolute Gasteiger partial charge is 0.491 e. The number of rotatable bonds is 4. The van der Waals surface area contributed by atoms with Gasteiger partial charge in [0, 0.05) is 0 Å². The molecule has 0 atom stereocenters. The summed E-state index contributed by atoms with van der Waals surface area (Å²) in [5.74, 6) is 1.78. The molecule has 0 aromatic heterocycles. The van der Waals surface area contributed by atoms with E-state index in [-0.39, 0.29) is 6.10 Å². The van der Waals surface area contributed by atoms with Gasteiger partial charge in [0.15, 0.2) is 0 Å². The van der Waals surface area contributed by atoms with E-state index in [1.165, 1.54) is 37.1 Å². The molecule has 0 unspecified atom stereocenters. The van der Waals surface area contributed by atoms with Crippen LogP contribution in [-0.2, 0) is 6.42 Å². The van der Waals surface area contributed by atoms with Crippen LogP contribution >= 0.6 is 0 Å². The molecule has 1 saturated heterocycles. The number of aryl methyl sites for hydroxylation is 1. The summed E-state index contributed by atoms with van der Waals surface area (Å²) in [6.07, 6.45) is 3.81. The third-order valence-corrected chi connectivity index (χ3v) is 4.01. The molecule has 1 aromatic carbocycles. The summed E-state index contributed by atoms with van der Waals surface area (Å²) < 4.78 is 6.05. The first-order valence-corrected chi connectivity index (χ1v) is 7.58. The van der Waals surface area contributed by atoms with Crippen LogP contribution in [0.15, 0.2) is 18.2 Å². The van der Waals surface area contributed by atoms with Gasteiger partial charge in [-0.2, -0.15) is 0 Å². The lowest BCUT2D eigenvalue weighted by atomic mass is 9.88. The number of benzene rings is 1. The van der Waals surface area contributed by atoms with E-state index in [2.05, 4.69) is 50.9 Å². The van der Waals surface area contributed by atoms with Gasteiger partial charge in [0.25, 0.3) is 0 Å². The van der Waals surface area contributed by atoms with Gasteiger partial charge in [0.05, 0.1) is 6.10 Å². The molecule has 1 fully saturated rings. The van der Waals surface area contributed by atoms with Crippen LogP contribution < -0.4 is 4.74 Å². The number of likely N-dealkylation sites (tertiary alicyclic amines) is 1. The molecule has 0 amide bonds. The van der Waals surface area contributed by atoms with E-state index in [0.717, 1.165) is 12.2 Å². The molecule has 2 heteroatoms. The van der Waals surface area contributed by atoms with Crippen LogP contribution in [0.25, 0.3) is 0 Å². The van der Waals surface area contributed by atoms with Crippen LogP contribution in [-0.4, -0.2) is 31.1 Å². The zero-order valence-electron chi connectivity index (χ0n) is 12.8. The van der Waals surface area contributed by atoms with E-state index in [1.807, 2.05) is 0 Å². The molecule has 0 spiro atoms. The Kier molecular flexibility index (Phi) is 4.87. The zero-order valence-corrected chi connectivity index (χ0v) is 12.8. The Hall–Kier alpha value is -1.02. The van der Waals surface area contributed by atoms with Gasteiger partial charge < -0.3 is 9.64 Å². The molecule has 0 N–H and O–H groups in total. The van der Waals surface area contributed by atoms with Crippen molar-refractivity contribution in [1.29, 1.82) is 0 Å². The molecule has 19 heavy (non-hydrogen) atoms. The highest BCUT2D eigenvalue weighted by atomic mass is 16.5. The van der Waals surface area contributed by atoms with Gasteiger partial charge in [-0.3, -0.25) is 0 Å². The van der Waals surface area contributed by atoms with Crippen molar-refractivity contribution in [3.8, 4) is 5.75 Å². The average Bonchev–Trinajstić information content (AvgIpc) is 2.39. The lowest BCUT2D eigenvalue weighted by Gasteiger charge is -2.30. The Labute approximate surface area is 117 Å². The highest BCUT2D eigenvalue weighted by molar-refractivity contribution is 5.40. The van der Waals surface area contributed by atoms with Gasteiger partial charge in [-0.05, 0) is 76.4 Å². The molecular weight excluding hydrogens is 234 g/mol. The molecule has 2 rings (SSSR count). The summed E-state index contributed by atoms with van der Waals surface area (Å²) in [6, 6.07) is 6.81. The third kappa shape index (κ3) is 3.73. The Balaban J connectivity index is 2.22. The maximum atomic E-state index is 6.05. The monoisotopic (exact) mass is 261 g/mol. The van der Waals surface area contributed by atoms with E-state index in [1.54, 1.807) is 0 Å². The SMILES string of the molecule is CCc1ccc(C2CCN(C)CC2)c(OC(C)C)c1. The molecule has 1 aromatic rings. The molecule has 1 aliphatic heterocycles. The van der Waals surface area contributed by atoms with E-state index < -0.39 is 0 Å². The summed E-state index contributed by atoms with van der Waals surface area (Å²) >= 11 is 0. The second-order valence-corrected chi connectivity index (χ2v) is 5.97. The smallest absolute Gasteiger partial charge is 0.123 e. The van der Waals surface area contributed by atoms with Crippen molar-refractivity contribution in [1.82, 2.24) is 4.90 Å². The zero-order chi connectivity index (χ0) is 13.8. The Bertz CT molecular complexity index is 406. The van der Waals surface area contributed by atoms with Crippen LogP contribution in [0.3, 0.4) is 0 Å². The predicted octanol–water partition coefficient (Wildman–Crippen LogP) is 3.85. The first kappa shape index (κ1) is 14.4. The van der Waals surface area contributed by atoms with Gasteiger partial charge in [-0.15, -0.1) is 0 Å². The highest BCUT2D eigenvalue weighted by Gasteiger charge is 2.21. The minimum Gasteiger partial charge on any atom is -0.491 e. The summed E-state index contributed by atoms with van der Waals surface area (Å²) in [7, 11) is 2.21. The molecule has 0 radical (unpaired) electrons. The fourth-order valence-corrected chi connectivity index (χ4v) is 2.81. The summed E-state index contributed by atoms with van der Waals surface area (Å²) in [5.41, 5.74) is 2.78. The Morgan fingerprint density at radius 2 is 1.95 bits per heavy atom. The second kappa shape index (κ2) is 6.42. The maximum Gasteiger partial charge on any atom is 0.123 e. The first-order chi connectivity index (χ1) is 9.10. The molecule has 0 bridgehead atoms. The molecule has 1 aliphatic rings. The van der Waals surface area contributed by atoms with Crippen LogP contribution in [0.4, 0.5) is 0 Å². The van der Waals surface area contributed by atoms with Crippen LogP contribution in [0.2, 0.25) is 0 Å². The van der Waals surface area contributed by atoms with Crippen molar-refractivity contribution in [2.45, 2.75) is 52.1 Å². The van der Waals surface area contributed by atoms with Gasteiger partial charge >= 0.3 is 0 Å². The van der Waals surface area contributed by atoms with Crippen molar-refractivity contribution in [2.75, 3.05) is 20.1 Å². The fraction of sp³-hybridized carbons (Fsp3) is 0.647.